The maximum absolute atomic E-state index is 2.49. The van der Waals surface area contributed by atoms with E-state index in [9.17, 15) is 0 Å². The van der Waals surface area contributed by atoms with Crippen molar-refractivity contribution < 1.29 is 24.0 Å². The molecule has 0 bridgehead atoms. The average Bonchev–Trinajstić information content (AvgIpc) is 2.85. The van der Waals surface area contributed by atoms with Crippen molar-refractivity contribution in [1.29, 1.82) is 0 Å². The van der Waals surface area contributed by atoms with Gasteiger partial charge in [0, 0.05) is 0 Å². The van der Waals surface area contributed by atoms with Crippen LogP contribution in [0.5, 0.6) is 0 Å². The van der Waals surface area contributed by atoms with Gasteiger partial charge in [0.2, 0.25) is 0 Å². The maximum atomic E-state index is 2.49. The summed E-state index contributed by atoms with van der Waals surface area (Å²) in [6.45, 7) is 0. The number of hydrogen-bond donors (Lipinski definition) is 0. The second kappa shape index (κ2) is 12.9. The van der Waals surface area contributed by atoms with E-state index in [1.165, 1.54) is 50.5 Å². The third-order valence-corrected chi connectivity index (χ3v) is 11.0. The third-order valence-electron chi connectivity index (χ3n) is 5.86. The molecule has 164 valence electrons. The van der Waals surface area contributed by atoms with Crippen LogP contribution in [-0.4, -0.2) is 4.43 Å². The van der Waals surface area contributed by atoms with Crippen LogP contribution in [0.1, 0.15) is 24.8 Å². The van der Waals surface area contributed by atoms with Crippen LogP contribution in [0.2, 0.25) is 0 Å². The number of halogens is 2. The molecular weight excluding hydrogens is 633 g/mol. The summed E-state index contributed by atoms with van der Waals surface area (Å²) in [5.41, 5.74) is 1.50. The SMILES string of the molecule is ICCCCCc1ccccc1[P+](c1ccccc1)(c1ccccc1)c1ccccc1.[I-]. The van der Waals surface area contributed by atoms with E-state index >= 15 is 0 Å². The van der Waals surface area contributed by atoms with E-state index in [1.54, 1.807) is 0 Å². The summed E-state index contributed by atoms with van der Waals surface area (Å²) in [6.07, 6.45) is 4.99. The van der Waals surface area contributed by atoms with Crippen LogP contribution >= 0.6 is 29.9 Å². The first kappa shape index (κ1) is 25.4. The van der Waals surface area contributed by atoms with Gasteiger partial charge in [-0.1, -0.05) is 102 Å². The van der Waals surface area contributed by atoms with E-state index in [0.29, 0.717) is 0 Å². The molecule has 0 N–H and O–H groups in total. The molecule has 0 aliphatic heterocycles. The van der Waals surface area contributed by atoms with E-state index < -0.39 is 7.26 Å². The summed E-state index contributed by atoms with van der Waals surface area (Å²) >= 11 is 2.49. The van der Waals surface area contributed by atoms with Crippen molar-refractivity contribution in [2.24, 2.45) is 0 Å². The van der Waals surface area contributed by atoms with E-state index in [4.69, 9.17) is 0 Å². The number of benzene rings is 4. The van der Waals surface area contributed by atoms with Crippen molar-refractivity contribution in [1.82, 2.24) is 0 Å². The van der Waals surface area contributed by atoms with Gasteiger partial charge in [-0.15, -0.1) is 0 Å². The van der Waals surface area contributed by atoms with Gasteiger partial charge in [-0.25, -0.2) is 0 Å². The zero-order valence-corrected chi connectivity index (χ0v) is 23.4. The molecule has 0 saturated carbocycles. The molecule has 0 aliphatic carbocycles. The van der Waals surface area contributed by atoms with Crippen LogP contribution in [0.4, 0.5) is 0 Å². The number of aryl methyl sites for hydroxylation is 1. The summed E-state index contributed by atoms with van der Waals surface area (Å²) < 4.78 is 1.24. The molecule has 0 amide bonds. The molecule has 0 heterocycles. The van der Waals surface area contributed by atoms with Crippen molar-refractivity contribution in [3.63, 3.8) is 0 Å². The van der Waals surface area contributed by atoms with Crippen molar-refractivity contribution in [3.05, 3.63) is 121 Å². The van der Waals surface area contributed by atoms with E-state index in [2.05, 4.69) is 138 Å². The Labute approximate surface area is 224 Å². The Bertz CT molecular complexity index is 969. The lowest BCUT2D eigenvalue weighted by atomic mass is 10.1. The quantitative estimate of drug-likeness (QED) is 0.112. The van der Waals surface area contributed by atoms with Crippen molar-refractivity contribution in [3.8, 4) is 0 Å². The summed E-state index contributed by atoms with van der Waals surface area (Å²) in [4.78, 5) is 0. The highest BCUT2D eigenvalue weighted by atomic mass is 127. The normalized spacial score (nSPS) is 11.0. The highest BCUT2D eigenvalue weighted by Crippen LogP contribution is 2.54. The van der Waals surface area contributed by atoms with Gasteiger partial charge in [-0.2, -0.15) is 0 Å². The summed E-state index contributed by atoms with van der Waals surface area (Å²) in [7, 11) is -2.00. The van der Waals surface area contributed by atoms with Crippen molar-refractivity contribution in [2.45, 2.75) is 25.7 Å². The van der Waals surface area contributed by atoms with Gasteiger partial charge in [0.15, 0.2) is 0 Å². The Morgan fingerprint density at radius 3 is 1.41 bits per heavy atom. The molecule has 4 rings (SSSR count). The second-order valence-corrected chi connectivity index (χ2v) is 12.3. The van der Waals surface area contributed by atoms with E-state index in [0.717, 1.165) is 6.42 Å². The highest BCUT2D eigenvalue weighted by molar-refractivity contribution is 14.1. The maximum Gasteiger partial charge on any atom is 0.144 e. The zero-order valence-electron chi connectivity index (χ0n) is 18.2. The lowest BCUT2D eigenvalue weighted by molar-refractivity contribution is -0.00000589. The van der Waals surface area contributed by atoms with Crippen LogP contribution in [0, 0.1) is 0 Å². The molecule has 0 unspecified atom stereocenters. The number of rotatable bonds is 9. The summed E-state index contributed by atoms with van der Waals surface area (Å²) in [5.74, 6) is 0. The predicted octanol–water partition coefficient (Wildman–Crippen LogP) is 3.46. The van der Waals surface area contributed by atoms with Gasteiger partial charge < -0.3 is 24.0 Å². The molecule has 0 aliphatic rings. The van der Waals surface area contributed by atoms with Gasteiger partial charge in [-0.3, -0.25) is 0 Å². The molecule has 0 saturated heterocycles. The lowest BCUT2D eigenvalue weighted by Gasteiger charge is -2.29. The zero-order chi connectivity index (χ0) is 21.4. The fourth-order valence-corrected chi connectivity index (χ4v) is 9.51. The van der Waals surface area contributed by atoms with Gasteiger partial charge in [0.1, 0.15) is 28.5 Å². The summed E-state index contributed by atoms with van der Waals surface area (Å²) in [5, 5.41) is 5.78. The number of alkyl halides is 1. The Balaban J connectivity index is 0.00000289. The minimum absolute atomic E-state index is 0. The molecule has 0 aromatic heterocycles. The molecule has 0 radical (unpaired) electrons. The fourth-order valence-electron chi connectivity index (χ4n) is 4.46. The first-order valence-corrected chi connectivity index (χ1v) is 14.4. The minimum atomic E-state index is -2.00. The van der Waals surface area contributed by atoms with E-state index in [1.807, 2.05) is 0 Å². The van der Waals surface area contributed by atoms with Gasteiger partial charge >= 0.3 is 0 Å². The smallest absolute Gasteiger partial charge is 0.144 e. The average molecular weight is 662 g/mol. The molecule has 0 atom stereocenters. The highest BCUT2D eigenvalue weighted by Gasteiger charge is 2.48. The third kappa shape index (κ3) is 5.46. The van der Waals surface area contributed by atoms with Crippen LogP contribution < -0.4 is 45.2 Å². The molecule has 0 spiro atoms. The molecule has 3 heteroatoms. The first-order chi connectivity index (χ1) is 15.4. The first-order valence-electron chi connectivity index (χ1n) is 11.1. The second-order valence-electron chi connectivity index (χ2n) is 7.81. The van der Waals surface area contributed by atoms with Crippen molar-refractivity contribution in [2.75, 3.05) is 4.43 Å². The molecule has 0 nitrogen and oxygen atoms in total. The Morgan fingerprint density at radius 2 is 0.938 bits per heavy atom. The van der Waals surface area contributed by atoms with Crippen molar-refractivity contribution >= 4 is 51.1 Å². The minimum Gasteiger partial charge on any atom is -1.00 e. The van der Waals surface area contributed by atoms with Gasteiger partial charge in [0.05, 0.1) is 0 Å². The standard InChI is InChI=1S/C29H29IP.HI/c30-24-14-4-5-15-25-16-12-13-23-29(25)31(26-17-6-1-7-18-26,27-19-8-2-9-20-27)28-21-10-3-11-22-28;/h1-3,6-13,16-23H,4-5,14-15,24H2;1H/q+1;/p-1. The topological polar surface area (TPSA) is 0 Å². The monoisotopic (exact) mass is 662 g/mol. The Kier molecular flexibility index (Phi) is 10.2. The van der Waals surface area contributed by atoms with Gasteiger partial charge in [-0.05, 0) is 71.7 Å². The summed E-state index contributed by atoms with van der Waals surface area (Å²) in [6, 6.07) is 42.8. The molecule has 4 aromatic carbocycles. The largest absolute Gasteiger partial charge is 1.00 e. The van der Waals surface area contributed by atoms with E-state index in [-0.39, 0.29) is 24.0 Å². The number of hydrogen-bond acceptors (Lipinski definition) is 0. The molecule has 32 heavy (non-hydrogen) atoms. The fraction of sp³-hybridized carbons (Fsp3) is 0.172. The van der Waals surface area contributed by atoms with Crippen LogP contribution in [0.3, 0.4) is 0 Å². The Morgan fingerprint density at radius 1 is 0.500 bits per heavy atom. The Hall–Kier alpha value is -1.23. The van der Waals surface area contributed by atoms with Crippen LogP contribution in [0.15, 0.2) is 115 Å². The lowest BCUT2D eigenvalue weighted by Crippen LogP contribution is -3.00. The van der Waals surface area contributed by atoms with Gasteiger partial charge in [0.25, 0.3) is 0 Å². The number of unbranched alkanes of at least 4 members (excludes halogenated alkanes) is 2. The molecule has 4 aromatic rings. The molecular formula is C29H29I2P. The predicted molar refractivity (Wildman–Crippen MR) is 148 cm³/mol. The van der Waals surface area contributed by atoms with Crippen LogP contribution in [-0.2, 0) is 6.42 Å². The molecule has 0 fully saturated rings. The van der Waals surface area contributed by atoms with Crippen LogP contribution in [0.25, 0.3) is 0 Å².